The number of hydrogen-bond acceptors (Lipinski definition) is 5. The number of aromatic nitrogens is 2. The Morgan fingerprint density at radius 2 is 2.33 bits per heavy atom. The van der Waals surface area contributed by atoms with E-state index in [1.807, 2.05) is 0 Å². The van der Waals surface area contributed by atoms with Crippen molar-refractivity contribution in [3.05, 3.63) is 39.4 Å². The van der Waals surface area contributed by atoms with Gasteiger partial charge in [0.05, 0.1) is 11.8 Å². The van der Waals surface area contributed by atoms with E-state index in [9.17, 15) is 13.6 Å². The van der Waals surface area contributed by atoms with Crippen molar-refractivity contribution in [1.29, 1.82) is 0 Å². The summed E-state index contributed by atoms with van der Waals surface area (Å²) in [6.45, 7) is 1.60. The highest BCUT2D eigenvalue weighted by atomic mass is 32.2. The van der Waals surface area contributed by atoms with Crippen molar-refractivity contribution in [2.24, 2.45) is 0 Å². The molecule has 4 nitrogen and oxygen atoms in total. The number of thioether (sulfide) groups is 1. The van der Waals surface area contributed by atoms with Crippen molar-refractivity contribution in [2.45, 2.75) is 17.3 Å². The molecule has 2 aromatic rings. The number of carbonyl (C=O) groups excluding carboxylic acids is 1. The molecular formula is C12H11F2N3OS3. The minimum Gasteiger partial charge on any atom is -0.349 e. The predicted molar refractivity (Wildman–Crippen MR) is 80.9 cm³/mol. The van der Waals surface area contributed by atoms with E-state index in [1.165, 1.54) is 35.2 Å². The average Bonchev–Trinajstić information content (AvgIpc) is 2.85. The maximum absolute atomic E-state index is 13.6. The first-order valence-electron chi connectivity index (χ1n) is 5.89. The van der Waals surface area contributed by atoms with E-state index in [1.54, 1.807) is 6.92 Å². The Labute approximate surface area is 133 Å². The number of amides is 1. The zero-order valence-electron chi connectivity index (χ0n) is 10.9. The molecule has 1 aromatic carbocycles. The second-order valence-electron chi connectivity index (χ2n) is 4.10. The smallest absolute Gasteiger partial charge is 0.230 e. The third kappa shape index (κ3) is 4.32. The highest BCUT2D eigenvalue weighted by molar-refractivity contribution is 8.01. The van der Waals surface area contributed by atoms with Crippen LogP contribution in [0.3, 0.4) is 0 Å². The molecule has 1 aromatic heterocycles. The van der Waals surface area contributed by atoms with Gasteiger partial charge in [-0.15, -0.1) is 0 Å². The summed E-state index contributed by atoms with van der Waals surface area (Å²) in [6.07, 6.45) is 0. The summed E-state index contributed by atoms with van der Waals surface area (Å²) in [7, 11) is 0. The van der Waals surface area contributed by atoms with Gasteiger partial charge in [0.25, 0.3) is 0 Å². The molecule has 0 saturated carbocycles. The lowest BCUT2D eigenvalue weighted by Gasteiger charge is -2.14. The van der Waals surface area contributed by atoms with Gasteiger partial charge >= 0.3 is 0 Å². The third-order valence-corrected chi connectivity index (χ3v) is 4.80. The molecule has 112 valence electrons. The molecule has 0 spiro atoms. The fourth-order valence-electron chi connectivity index (χ4n) is 1.62. The topological polar surface area (TPSA) is 57.8 Å². The number of nitrogens with one attached hydrogen (secondary N) is 2. The van der Waals surface area contributed by atoms with E-state index < -0.39 is 17.7 Å². The van der Waals surface area contributed by atoms with Crippen LogP contribution in [-0.4, -0.2) is 21.9 Å². The van der Waals surface area contributed by atoms with Gasteiger partial charge in [0.2, 0.25) is 5.91 Å². The Bertz CT molecular complexity index is 701. The van der Waals surface area contributed by atoms with Crippen molar-refractivity contribution < 1.29 is 13.6 Å². The number of hydrogen-bond donors (Lipinski definition) is 2. The lowest BCUT2D eigenvalue weighted by atomic mass is 10.1. The van der Waals surface area contributed by atoms with Gasteiger partial charge in [-0.1, -0.05) is 35.2 Å². The van der Waals surface area contributed by atoms with Gasteiger partial charge in [0.1, 0.15) is 0 Å². The molecule has 1 amide bonds. The second-order valence-corrected chi connectivity index (χ2v) is 6.99. The summed E-state index contributed by atoms with van der Waals surface area (Å²) >= 11 is 7.38. The number of carbonyl (C=O) groups is 1. The van der Waals surface area contributed by atoms with Gasteiger partial charge < -0.3 is 5.32 Å². The molecule has 0 aliphatic carbocycles. The van der Waals surface area contributed by atoms with Crippen LogP contribution in [0.5, 0.6) is 0 Å². The summed E-state index contributed by atoms with van der Waals surface area (Å²) in [5, 5.41) is 9.14. The molecule has 0 bridgehead atoms. The molecule has 0 aliphatic rings. The van der Waals surface area contributed by atoms with Crippen LogP contribution in [0.4, 0.5) is 8.78 Å². The van der Waals surface area contributed by atoms with E-state index in [0.717, 1.165) is 6.07 Å². The highest BCUT2D eigenvalue weighted by Gasteiger charge is 2.16. The molecule has 1 atom stereocenters. The van der Waals surface area contributed by atoms with Crippen LogP contribution in [-0.2, 0) is 4.79 Å². The average molecular weight is 347 g/mol. The molecule has 2 rings (SSSR count). The number of aromatic amines is 1. The number of halogens is 2. The SMILES string of the molecule is C[C@H](NC(=O)CSc1n[nH]c(=S)s1)c1cccc(F)c1F. The summed E-state index contributed by atoms with van der Waals surface area (Å²) in [4.78, 5) is 11.8. The Morgan fingerprint density at radius 3 is 3.00 bits per heavy atom. The minimum absolute atomic E-state index is 0.115. The van der Waals surface area contributed by atoms with Gasteiger partial charge in [-0.05, 0) is 25.2 Å². The second kappa shape index (κ2) is 7.10. The van der Waals surface area contributed by atoms with Crippen molar-refractivity contribution in [1.82, 2.24) is 15.5 Å². The van der Waals surface area contributed by atoms with Crippen LogP contribution in [0.2, 0.25) is 0 Å². The van der Waals surface area contributed by atoms with Crippen molar-refractivity contribution in [2.75, 3.05) is 5.75 Å². The maximum atomic E-state index is 13.6. The standard InChI is InChI=1S/C12H11F2N3OS3/c1-6(7-3-2-4-8(13)10(7)14)15-9(18)5-20-12-17-16-11(19)21-12/h2-4,6H,5H2,1H3,(H,15,18)(H,16,19)/t6-/m0/s1. The van der Waals surface area contributed by atoms with Crippen LogP contribution < -0.4 is 5.32 Å². The highest BCUT2D eigenvalue weighted by Crippen LogP contribution is 2.21. The van der Waals surface area contributed by atoms with Gasteiger partial charge in [-0.25, -0.2) is 8.78 Å². The molecule has 2 N–H and O–H groups in total. The minimum atomic E-state index is -0.941. The van der Waals surface area contributed by atoms with Gasteiger partial charge in [-0.3, -0.25) is 9.89 Å². The van der Waals surface area contributed by atoms with E-state index in [-0.39, 0.29) is 17.2 Å². The van der Waals surface area contributed by atoms with Crippen molar-refractivity contribution >= 4 is 41.2 Å². The van der Waals surface area contributed by atoms with E-state index >= 15 is 0 Å². The van der Waals surface area contributed by atoms with Gasteiger partial charge in [0.15, 0.2) is 19.9 Å². The first-order valence-corrected chi connectivity index (χ1v) is 8.10. The largest absolute Gasteiger partial charge is 0.349 e. The number of rotatable bonds is 5. The summed E-state index contributed by atoms with van der Waals surface area (Å²) in [6, 6.07) is 3.26. The predicted octanol–water partition coefficient (Wildman–Crippen LogP) is 3.45. The lowest BCUT2D eigenvalue weighted by Crippen LogP contribution is -2.28. The molecule has 0 saturated heterocycles. The van der Waals surface area contributed by atoms with E-state index in [0.29, 0.717) is 8.29 Å². The summed E-state index contributed by atoms with van der Waals surface area (Å²) in [5.41, 5.74) is 0.115. The van der Waals surface area contributed by atoms with E-state index in [2.05, 4.69) is 15.5 Å². The third-order valence-electron chi connectivity index (χ3n) is 2.57. The first-order chi connectivity index (χ1) is 9.97. The van der Waals surface area contributed by atoms with Crippen LogP contribution in [0, 0.1) is 15.6 Å². The summed E-state index contributed by atoms with van der Waals surface area (Å²) in [5.74, 6) is -2.04. The molecule has 0 radical (unpaired) electrons. The Morgan fingerprint density at radius 1 is 1.57 bits per heavy atom. The fraction of sp³-hybridized carbons (Fsp3) is 0.250. The monoisotopic (exact) mass is 347 g/mol. The molecular weight excluding hydrogens is 336 g/mol. The fourth-order valence-corrected chi connectivity index (χ4v) is 3.51. The first kappa shape index (κ1) is 16.1. The number of H-pyrrole nitrogens is 1. The molecule has 0 fully saturated rings. The molecule has 0 unspecified atom stereocenters. The van der Waals surface area contributed by atoms with Gasteiger partial charge in [-0.2, -0.15) is 5.10 Å². The van der Waals surface area contributed by atoms with Crippen LogP contribution in [0.15, 0.2) is 22.5 Å². The molecule has 21 heavy (non-hydrogen) atoms. The zero-order chi connectivity index (χ0) is 15.4. The molecule has 9 heteroatoms. The quantitative estimate of drug-likeness (QED) is 0.642. The Hall–Kier alpha value is -1.32. The molecule has 1 heterocycles. The lowest BCUT2D eigenvalue weighted by molar-refractivity contribution is -0.119. The van der Waals surface area contributed by atoms with Crippen LogP contribution in [0.25, 0.3) is 0 Å². The van der Waals surface area contributed by atoms with Crippen LogP contribution >= 0.6 is 35.3 Å². The normalized spacial score (nSPS) is 12.1. The van der Waals surface area contributed by atoms with Crippen molar-refractivity contribution in [3.63, 3.8) is 0 Å². The van der Waals surface area contributed by atoms with Gasteiger partial charge in [0, 0.05) is 5.56 Å². The zero-order valence-corrected chi connectivity index (χ0v) is 13.3. The number of nitrogens with zero attached hydrogens (tertiary/aromatic N) is 1. The Kier molecular flexibility index (Phi) is 5.43. The van der Waals surface area contributed by atoms with Crippen LogP contribution in [0.1, 0.15) is 18.5 Å². The number of benzene rings is 1. The van der Waals surface area contributed by atoms with E-state index in [4.69, 9.17) is 12.2 Å². The Balaban J connectivity index is 1.92. The summed E-state index contributed by atoms with van der Waals surface area (Å²) < 4.78 is 27.9. The molecule has 0 aliphatic heterocycles. The van der Waals surface area contributed by atoms with Crippen molar-refractivity contribution in [3.8, 4) is 0 Å². The maximum Gasteiger partial charge on any atom is 0.230 e.